The summed E-state index contributed by atoms with van der Waals surface area (Å²) in [7, 11) is 0. The Balaban J connectivity index is 1.99. The lowest BCUT2D eigenvalue weighted by molar-refractivity contribution is -0.145. The number of azo groups is 1. The fraction of sp³-hybridized carbons (Fsp3) is 0.778. The number of hydrogen-bond acceptors (Lipinski definition) is 8. The molecule has 0 aromatic rings. The maximum Gasteiger partial charge on any atom is 0.269 e. The standard InChI is InChI=1S/C18H30N6O6/c1-9(25)13(19)18(30)24-6-3-4-12(24)17(29)23-7-5-11(8-23)16(28)22-21-14(10(2)26)15(20)27/h9-14,25-26H,3-8,19H2,1-2H3,(H2,20,27)/t9?,10-,11-,12+,13+,14+/m1/s1. The van der Waals surface area contributed by atoms with Crippen LogP contribution >= 0.6 is 0 Å². The van der Waals surface area contributed by atoms with Gasteiger partial charge >= 0.3 is 0 Å². The fourth-order valence-electron chi connectivity index (χ4n) is 3.65. The predicted molar refractivity (Wildman–Crippen MR) is 104 cm³/mol. The van der Waals surface area contributed by atoms with Gasteiger partial charge in [0.2, 0.25) is 17.7 Å². The summed E-state index contributed by atoms with van der Waals surface area (Å²) in [5.74, 6) is -2.84. The highest BCUT2D eigenvalue weighted by molar-refractivity contribution is 5.91. The summed E-state index contributed by atoms with van der Waals surface area (Å²) < 4.78 is 0. The number of carbonyl (C=O) groups is 4. The van der Waals surface area contributed by atoms with Crippen LogP contribution in [0.4, 0.5) is 0 Å². The largest absolute Gasteiger partial charge is 0.391 e. The van der Waals surface area contributed by atoms with Gasteiger partial charge in [-0.25, -0.2) is 0 Å². The third-order valence-corrected chi connectivity index (χ3v) is 5.50. The van der Waals surface area contributed by atoms with Crippen LogP contribution in [0.1, 0.15) is 33.1 Å². The molecule has 0 aromatic carbocycles. The minimum Gasteiger partial charge on any atom is -0.391 e. The van der Waals surface area contributed by atoms with Crippen molar-refractivity contribution in [1.29, 1.82) is 0 Å². The van der Waals surface area contributed by atoms with Crippen LogP contribution in [0.5, 0.6) is 0 Å². The highest BCUT2D eigenvalue weighted by atomic mass is 16.3. The van der Waals surface area contributed by atoms with Crippen LogP contribution in [0.2, 0.25) is 0 Å². The molecule has 2 fully saturated rings. The summed E-state index contributed by atoms with van der Waals surface area (Å²) >= 11 is 0. The first-order valence-corrected chi connectivity index (χ1v) is 9.99. The van der Waals surface area contributed by atoms with Gasteiger partial charge in [-0.05, 0) is 33.1 Å². The second kappa shape index (κ2) is 10.0. The second-order valence-corrected chi connectivity index (χ2v) is 7.87. The van der Waals surface area contributed by atoms with Crippen molar-refractivity contribution in [3.05, 3.63) is 0 Å². The quantitative estimate of drug-likeness (QED) is 0.330. The Hall–Kier alpha value is -2.44. The van der Waals surface area contributed by atoms with Crippen molar-refractivity contribution in [3.63, 3.8) is 0 Å². The Morgan fingerprint density at radius 3 is 2.30 bits per heavy atom. The summed E-state index contributed by atoms with van der Waals surface area (Å²) in [4.78, 5) is 51.8. The summed E-state index contributed by atoms with van der Waals surface area (Å²) in [5, 5.41) is 26.1. The summed E-state index contributed by atoms with van der Waals surface area (Å²) in [6.45, 7) is 3.55. The van der Waals surface area contributed by atoms with Crippen molar-refractivity contribution in [2.75, 3.05) is 19.6 Å². The van der Waals surface area contributed by atoms with Crippen LogP contribution in [0.3, 0.4) is 0 Å². The molecule has 4 amide bonds. The SMILES string of the molecule is CC(O)[C@H](N)C(=O)N1CCC[C@H]1C(=O)N1CC[C@@H](C(=O)N=N[C@H](C(N)=O)[C@@H](C)O)C1. The van der Waals surface area contributed by atoms with Crippen molar-refractivity contribution in [2.24, 2.45) is 27.6 Å². The first-order valence-electron chi connectivity index (χ1n) is 9.99. The number of nitrogens with two attached hydrogens (primary N) is 2. The lowest BCUT2D eigenvalue weighted by Gasteiger charge is -2.30. The molecule has 0 spiro atoms. The molecule has 2 rings (SSSR count). The van der Waals surface area contributed by atoms with Gasteiger partial charge in [0.15, 0.2) is 6.04 Å². The lowest BCUT2D eigenvalue weighted by Crippen LogP contribution is -2.54. The van der Waals surface area contributed by atoms with E-state index in [0.29, 0.717) is 32.4 Å². The molecule has 30 heavy (non-hydrogen) atoms. The van der Waals surface area contributed by atoms with Gasteiger partial charge in [-0.15, -0.1) is 5.11 Å². The van der Waals surface area contributed by atoms with Gasteiger partial charge in [0.25, 0.3) is 5.91 Å². The monoisotopic (exact) mass is 426 g/mol. The highest BCUT2D eigenvalue weighted by Crippen LogP contribution is 2.25. The van der Waals surface area contributed by atoms with E-state index in [9.17, 15) is 29.4 Å². The summed E-state index contributed by atoms with van der Waals surface area (Å²) in [6, 6.07) is -3.09. The zero-order chi connectivity index (χ0) is 22.6. The van der Waals surface area contributed by atoms with Crippen LogP contribution in [0, 0.1) is 5.92 Å². The Labute approximate surface area is 174 Å². The van der Waals surface area contributed by atoms with Crippen molar-refractivity contribution in [1.82, 2.24) is 9.80 Å². The molecule has 0 bridgehead atoms. The number of carbonyl (C=O) groups excluding carboxylic acids is 4. The van der Waals surface area contributed by atoms with Crippen molar-refractivity contribution >= 4 is 23.6 Å². The van der Waals surface area contributed by atoms with Gasteiger partial charge in [-0.1, -0.05) is 0 Å². The van der Waals surface area contributed by atoms with E-state index >= 15 is 0 Å². The number of aliphatic hydroxyl groups excluding tert-OH is 2. The van der Waals surface area contributed by atoms with E-state index in [1.807, 2.05) is 0 Å². The normalized spacial score (nSPS) is 25.9. The van der Waals surface area contributed by atoms with Crippen LogP contribution in [-0.2, 0) is 19.2 Å². The molecule has 168 valence electrons. The van der Waals surface area contributed by atoms with Gasteiger partial charge < -0.3 is 31.5 Å². The topological polar surface area (TPSA) is 192 Å². The van der Waals surface area contributed by atoms with E-state index in [0.717, 1.165) is 0 Å². The third-order valence-electron chi connectivity index (χ3n) is 5.50. The zero-order valence-corrected chi connectivity index (χ0v) is 17.2. The molecule has 0 aromatic heterocycles. The first kappa shape index (κ1) is 23.8. The molecule has 12 heteroatoms. The van der Waals surface area contributed by atoms with E-state index in [-0.39, 0.29) is 12.5 Å². The number of primary amides is 1. The molecule has 2 aliphatic heterocycles. The minimum atomic E-state index is -1.32. The summed E-state index contributed by atoms with van der Waals surface area (Å²) in [5.41, 5.74) is 10.8. The van der Waals surface area contributed by atoms with Gasteiger partial charge in [-0.2, -0.15) is 5.11 Å². The number of hydrogen-bond donors (Lipinski definition) is 4. The fourth-order valence-corrected chi connectivity index (χ4v) is 3.65. The number of nitrogens with zero attached hydrogens (tertiary/aromatic N) is 4. The molecule has 12 nitrogen and oxygen atoms in total. The van der Waals surface area contributed by atoms with Crippen LogP contribution < -0.4 is 11.5 Å². The van der Waals surface area contributed by atoms with Crippen molar-refractivity contribution < 1.29 is 29.4 Å². The number of aliphatic hydroxyl groups is 2. The molecule has 0 saturated carbocycles. The number of amides is 4. The van der Waals surface area contributed by atoms with Gasteiger partial charge in [0, 0.05) is 19.6 Å². The van der Waals surface area contributed by atoms with E-state index in [4.69, 9.17) is 11.5 Å². The minimum absolute atomic E-state index is 0.119. The molecule has 0 aliphatic carbocycles. The Kier molecular flexibility index (Phi) is 7.98. The third kappa shape index (κ3) is 5.37. The lowest BCUT2D eigenvalue weighted by atomic mass is 10.1. The van der Waals surface area contributed by atoms with Crippen LogP contribution in [-0.4, -0.2) is 93.6 Å². The van der Waals surface area contributed by atoms with Gasteiger partial charge in [0.1, 0.15) is 12.1 Å². The van der Waals surface area contributed by atoms with Crippen LogP contribution in [0.25, 0.3) is 0 Å². The highest BCUT2D eigenvalue weighted by Gasteiger charge is 2.41. The summed E-state index contributed by atoms with van der Waals surface area (Å²) in [6.07, 6.45) is -0.709. The maximum absolute atomic E-state index is 12.9. The molecular weight excluding hydrogens is 396 g/mol. The smallest absolute Gasteiger partial charge is 0.269 e. The maximum atomic E-state index is 12.9. The molecule has 0 radical (unpaired) electrons. The molecule has 2 saturated heterocycles. The second-order valence-electron chi connectivity index (χ2n) is 7.87. The van der Waals surface area contributed by atoms with Gasteiger partial charge in [0.05, 0.1) is 18.1 Å². The Bertz CT molecular complexity index is 711. The average molecular weight is 426 g/mol. The molecule has 6 atom stereocenters. The van der Waals surface area contributed by atoms with Crippen molar-refractivity contribution in [2.45, 2.75) is 63.4 Å². The molecule has 1 unspecified atom stereocenters. The van der Waals surface area contributed by atoms with E-state index < -0.39 is 54.0 Å². The molecule has 2 heterocycles. The van der Waals surface area contributed by atoms with Crippen LogP contribution in [0.15, 0.2) is 10.2 Å². The van der Waals surface area contributed by atoms with E-state index in [1.54, 1.807) is 0 Å². The van der Waals surface area contributed by atoms with Gasteiger partial charge in [-0.3, -0.25) is 19.2 Å². The zero-order valence-electron chi connectivity index (χ0n) is 17.2. The van der Waals surface area contributed by atoms with E-state index in [2.05, 4.69) is 10.2 Å². The Morgan fingerprint density at radius 1 is 1.07 bits per heavy atom. The average Bonchev–Trinajstić information content (AvgIpc) is 3.35. The number of likely N-dealkylation sites (tertiary alicyclic amines) is 2. The van der Waals surface area contributed by atoms with E-state index in [1.165, 1.54) is 23.6 Å². The first-order chi connectivity index (χ1) is 14.0. The van der Waals surface area contributed by atoms with Crippen molar-refractivity contribution in [3.8, 4) is 0 Å². The number of rotatable bonds is 7. The molecule has 2 aliphatic rings. The molecular formula is C18H30N6O6. The Morgan fingerprint density at radius 2 is 1.73 bits per heavy atom. The predicted octanol–water partition coefficient (Wildman–Crippen LogP) is -2.25. The molecule has 6 N–H and O–H groups in total.